The number of hydrogen-bond donors (Lipinski definition) is 2. The lowest BCUT2D eigenvalue weighted by molar-refractivity contribution is -0.117. The van der Waals surface area contributed by atoms with Crippen molar-refractivity contribution in [2.24, 2.45) is 0 Å². The Bertz CT molecular complexity index is 750. The van der Waals surface area contributed by atoms with Gasteiger partial charge in [0.2, 0.25) is 5.91 Å². The highest BCUT2D eigenvalue weighted by Crippen LogP contribution is 2.14. The van der Waals surface area contributed by atoms with Gasteiger partial charge in [-0.05, 0) is 71.8 Å². The minimum Gasteiger partial charge on any atom is -0.392 e. The molecule has 0 fully saturated rings. The van der Waals surface area contributed by atoms with Crippen molar-refractivity contribution >= 4 is 5.91 Å². The second kappa shape index (κ2) is 15.4. The molecule has 0 saturated heterocycles. The molecule has 0 aliphatic rings. The van der Waals surface area contributed by atoms with Crippen LogP contribution in [0.2, 0.25) is 0 Å². The van der Waals surface area contributed by atoms with Gasteiger partial charge < -0.3 is 10.4 Å². The number of hydrogen-bond acceptors (Lipinski definition) is 2. The van der Waals surface area contributed by atoms with Crippen LogP contribution in [0.15, 0.2) is 76.9 Å². The highest BCUT2D eigenvalue weighted by Gasteiger charge is 2.08. The van der Waals surface area contributed by atoms with E-state index in [-0.39, 0.29) is 12.5 Å². The third kappa shape index (κ3) is 12.2. The lowest BCUT2D eigenvalue weighted by atomic mass is 10.0. The molecule has 0 radical (unpaired) electrons. The van der Waals surface area contributed by atoms with Crippen LogP contribution in [0.4, 0.5) is 0 Å². The molecule has 0 atom stereocenters. The Balaban J connectivity index is 2.67. The average molecular weight is 410 g/mol. The number of carbonyl (C=O) groups is 1. The summed E-state index contributed by atoms with van der Waals surface area (Å²) in [4.78, 5) is 12.8. The first-order chi connectivity index (χ1) is 14.4. The predicted octanol–water partition coefficient (Wildman–Crippen LogP) is 6.42. The SMILES string of the molecule is CC(C)=CCCC(C)=CCCC(=CCCC(C)=CCO)C(=O)NCc1ccccc1. The molecule has 3 nitrogen and oxygen atoms in total. The van der Waals surface area contributed by atoms with Crippen LogP contribution in [0.3, 0.4) is 0 Å². The molecular weight excluding hydrogens is 370 g/mol. The second-order valence-electron chi connectivity index (χ2n) is 8.08. The second-order valence-corrected chi connectivity index (χ2v) is 8.08. The van der Waals surface area contributed by atoms with E-state index in [1.807, 2.05) is 43.3 Å². The maximum atomic E-state index is 12.8. The standard InChI is InChI=1S/C27H39NO2/c1-22(2)11-8-12-23(3)13-9-17-26(18-10-14-24(4)19-20-29)27(30)28-21-25-15-6-5-7-16-25/h5-7,11,13,15-16,18-19,29H,8-10,12,14,17,20-21H2,1-4H3,(H,28,30). The maximum absolute atomic E-state index is 12.8. The molecule has 0 heterocycles. The van der Waals surface area contributed by atoms with Crippen LogP contribution < -0.4 is 5.32 Å². The summed E-state index contributed by atoms with van der Waals surface area (Å²) in [7, 11) is 0. The van der Waals surface area contributed by atoms with Crippen molar-refractivity contribution in [3.8, 4) is 0 Å². The van der Waals surface area contributed by atoms with Crippen LogP contribution in [0.25, 0.3) is 0 Å². The van der Waals surface area contributed by atoms with E-state index in [0.717, 1.165) is 55.2 Å². The number of aliphatic hydroxyl groups is 1. The molecular formula is C27H39NO2. The molecule has 1 aromatic carbocycles. The van der Waals surface area contributed by atoms with Crippen molar-refractivity contribution in [1.82, 2.24) is 5.32 Å². The predicted molar refractivity (Wildman–Crippen MR) is 128 cm³/mol. The summed E-state index contributed by atoms with van der Waals surface area (Å²) in [5, 5.41) is 12.1. The monoisotopic (exact) mass is 409 g/mol. The van der Waals surface area contributed by atoms with Gasteiger partial charge >= 0.3 is 0 Å². The largest absolute Gasteiger partial charge is 0.392 e. The molecule has 3 heteroatoms. The van der Waals surface area contributed by atoms with Gasteiger partial charge in [0.15, 0.2) is 0 Å². The number of aliphatic hydroxyl groups excluding tert-OH is 1. The first-order valence-corrected chi connectivity index (χ1v) is 11.0. The molecule has 0 aromatic heterocycles. The normalized spacial score (nSPS) is 12.6. The van der Waals surface area contributed by atoms with Crippen molar-refractivity contribution in [2.75, 3.05) is 6.61 Å². The van der Waals surface area contributed by atoms with Crippen molar-refractivity contribution in [3.63, 3.8) is 0 Å². The Morgan fingerprint density at radius 1 is 0.833 bits per heavy atom. The van der Waals surface area contributed by atoms with Crippen LogP contribution in [0.5, 0.6) is 0 Å². The van der Waals surface area contributed by atoms with Gasteiger partial charge in [0, 0.05) is 12.1 Å². The Morgan fingerprint density at radius 2 is 1.43 bits per heavy atom. The molecule has 1 amide bonds. The quantitative estimate of drug-likeness (QED) is 0.292. The third-order valence-corrected chi connectivity index (χ3v) is 4.95. The fourth-order valence-corrected chi connectivity index (χ4v) is 3.10. The Morgan fingerprint density at radius 3 is 2.07 bits per heavy atom. The average Bonchev–Trinajstić information content (AvgIpc) is 2.71. The highest BCUT2D eigenvalue weighted by atomic mass is 16.2. The molecule has 2 N–H and O–H groups in total. The van der Waals surface area contributed by atoms with Gasteiger partial charge in [-0.1, -0.05) is 71.4 Å². The van der Waals surface area contributed by atoms with E-state index in [1.165, 1.54) is 11.1 Å². The zero-order valence-electron chi connectivity index (χ0n) is 19.2. The van der Waals surface area contributed by atoms with Gasteiger partial charge in [-0.25, -0.2) is 0 Å². The number of carbonyl (C=O) groups excluding carboxylic acids is 1. The van der Waals surface area contributed by atoms with Crippen molar-refractivity contribution in [1.29, 1.82) is 0 Å². The number of amides is 1. The molecule has 0 bridgehead atoms. The summed E-state index contributed by atoms with van der Waals surface area (Å²) < 4.78 is 0. The molecule has 0 aliphatic carbocycles. The van der Waals surface area contributed by atoms with E-state index in [4.69, 9.17) is 5.11 Å². The van der Waals surface area contributed by atoms with Crippen LogP contribution in [-0.4, -0.2) is 17.6 Å². The smallest absolute Gasteiger partial charge is 0.247 e. The molecule has 30 heavy (non-hydrogen) atoms. The zero-order valence-corrected chi connectivity index (χ0v) is 19.2. The topological polar surface area (TPSA) is 49.3 Å². The first kappa shape index (κ1) is 25.6. The Labute approximate surface area is 183 Å². The minimum absolute atomic E-state index is 0.0123. The van der Waals surface area contributed by atoms with E-state index in [9.17, 15) is 4.79 Å². The van der Waals surface area contributed by atoms with Gasteiger partial charge in [-0.2, -0.15) is 0 Å². The van der Waals surface area contributed by atoms with Gasteiger partial charge in [-0.15, -0.1) is 0 Å². The summed E-state index contributed by atoms with van der Waals surface area (Å²) in [5.74, 6) is 0.0123. The number of benzene rings is 1. The van der Waals surface area contributed by atoms with Crippen molar-refractivity contribution < 1.29 is 9.90 Å². The van der Waals surface area contributed by atoms with Crippen LogP contribution in [-0.2, 0) is 11.3 Å². The Kier molecular flexibility index (Phi) is 13.2. The van der Waals surface area contributed by atoms with Crippen LogP contribution in [0.1, 0.15) is 71.8 Å². The fourth-order valence-electron chi connectivity index (χ4n) is 3.10. The zero-order chi connectivity index (χ0) is 22.2. The van der Waals surface area contributed by atoms with E-state index in [2.05, 4.69) is 44.3 Å². The first-order valence-electron chi connectivity index (χ1n) is 11.0. The van der Waals surface area contributed by atoms with Gasteiger partial charge in [0.25, 0.3) is 0 Å². The molecule has 0 unspecified atom stereocenters. The summed E-state index contributed by atoms with van der Waals surface area (Å²) in [5.41, 5.74) is 5.82. The van der Waals surface area contributed by atoms with Crippen molar-refractivity contribution in [2.45, 2.75) is 72.8 Å². The number of nitrogens with one attached hydrogen (secondary N) is 1. The molecule has 0 saturated carbocycles. The van der Waals surface area contributed by atoms with Crippen LogP contribution >= 0.6 is 0 Å². The fraction of sp³-hybridized carbons (Fsp3) is 0.444. The highest BCUT2D eigenvalue weighted by molar-refractivity contribution is 5.93. The lowest BCUT2D eigenvalue weighted by Crippen LogP contribution is -2.24. The molecule has 1 rings (SSSR count). The van der Waals surface area contributed by atoms with E-state index in [0.29, 0.717) is 6.54 Å². The van der Waals surface area contributed by atoms with E-state index < -0.39 is 0 Å². The van der Waals surface area contributed by atoms with Crippen LogP contribution in [0, 0.1) is 0 Å². The number of rotatable bonds is 13. The number of allylic oxidation sites excluding steroid dienone is 6. The van der Waals surface area contributed by atoms with Gasteiger partial charge in [-0.3, -0.25) is 4.79 Å². The molecule has 0 spiro atoms. The molecule has 164 valence electrons. The molecule has 0 aliphatic heterocycles. The summed E-state index contributed by atoms with van der Waals surface area (Å²) in [6.45, 7) is 9.04. The van der Waals surface area contributed by atoms with Crippen molar-refractivity contribution in [3.05, 3.63) is 82.5 Å². The van der Waals surface area contributed by atoms with E-state index >= 15 is 0 Å². The Hall–Kier alpha value is -2.39. The summed E-state index contributed by atoms with van der Waals surface area (Å²) >= 11 is 0. The minimum atomic E-state index is 0.0123. The molecule has 1 aromatic rings. The lowest BCUT2D eigenvalue weighted by Gasteiger charge is -2.09. The summed E-state index contributed by atoms with van der Waals surface area (Å²) in [6, 6.07) is 9.98. The van der Waals surface area contributed by atoms with Gasteiger partial charge in [0.05, 0.1) is 6.61 Å². The van der Waals surface area contributed by atoms with Gasteiger partial charge in [0.1, 0.15) is 0 Å². The maximum Gasteiger partial charge on any atom is 0.247 e. The van der Waals surface area contributed by atoms with E-state index in [1.54, 1.807) is 0 Å². The third-order valence-electron chi connectivity index (χ3n) is 4.95. The summed E-state index contributed by atoms with van der Waals surface area (Å²) in [6.07, 6.45) is 13.8.